The molecule has 0 spiro atoms. The van der Waals surface area contributed by atoms with E-state index in [-0.39, 0.29) is 24.2 Å². The SMILES string of the molecule is Cl.NC1CCC(NC(=O)C2CCCc3ccccc32)CC1. The van der Waals surface area contributed by atoms with Crippen LogP contribution in [-0.4, -0.2) is 18.0 Å². The van der Waals surface area contributed by atoms with Gasteiger partial charge in [-0.25, -0.2) is 0 Å². The van der Waals surface area contributed by atoms with Gasteiger partial charge in [-0.1, -0.05) is 24.3 Å². The molecule has 0 radical (unpaired) electrons. The predicted molar refractivity (Wildman–Crippen MR) is 87.7 cm³/mol. The summed E-state index contributed by atoms with van der Waals surface area (Å²) in [5.74, 6) is 0.271. The fourth-order valence-corrected chi connectivity index (χ4v) is 3.59. The Labute approximate surface area is 133 Å². The van der Waals surface area contributed by atoms with Gasteiger partial charge in [0.15, 0.2) is 0 Å². The van der Waals surface area contributed by atoms with Gasteiger partial charge in [-0.15, -0.1) is 12.4 Å². The van der Waals surface area contributed by atoms with Crippen LogP contribution in [0.2, 0.25) is 0 Å². The monoisotopic (exact) mass is 308 g/mol. The number of carbonyl (C=O) groups excluding carboxylic acids is 1. The number of amides is 1. The van der Waals surface area contributed by atoms with Crippen LogP contribution in [0.15, 0.2) is 24.3 Å². The Morgan fingerprint density at radius 1 is 1.10 bits per heavy atom. The first kappa shape index (κ1) is 16.3. The number of benzene rings is 1. The van der Waals surface area contributed by atoms with Crippen molar-refractivity contribution in [3.8, 4) is 0 Å². The minimum Gasteiger partial charge on any atom is -0.353 e. The third-order valence-electron chi connectivity index (χ3n) is 4.80. The number of aryl methyl sites for hydroxylation is 1. The molecule has 1 aromatic rings. The van der Waals surface area contributed by atoms with Crippen molar-refractivity contribution in [2.45, 2.75) is 62.9 Å². The normalized spacial score (nSPS) is 28.1. The van der Waals surface area contributed by atoms with Gasteiger partial charge < -0.3 is 11.1 Å². The smallest absolute Gasteiger partial charge is 0.227 e. The standard InChI is InChI=1S/C17H24N2O.ClH/c18-13-8-10-14(11-9-13)19-17(20)16-7-3-5-12-4-1-2-6-15(12)16;/h1-2,4,6,13-14,16H,3,5,7-11,18H2,(H,19,20);1H. The first-order chi connectivity index (χ1) is 9.74. The lowest BCUT2D eigenvalue weighted by molar-refractivity contribution is -0.123. The molecule has 1 unspecified atom stereocenters. The summed E-state index contributed by atoms with van der Waals surface area (Å²) in [6.45, 7) is 0. The number of carbonyl (C=O) groups is 1. The van der Waals surface area contributed by atoms with E-state index in [0.717, 1.165) is 44.9 Å². The number of nitrogens with one attached hydrogen (secondary N) is 1. The number of fused-ring (bicyclic) bond motifs is 1. The zero-order valence-electron chi connectivity index (χ0n) is 12.4. The van der Waals surface area contributed by atoms with Crippen LogP contribution in [0.1, 0.15) is 55.6 Å². The largest absolute Gasteiger partial charge is 0.353 e. The molecular formula is C17H25ClN2O. The van der Waals surface area contributed by atoms with E-state index in [1.807, 2.05) is 6.07 Å². The van der Waals surface area contributed by atoms with Gasteiger partial charge in [0.25, 0.3) is 0 Å². The van der Waals surface area contributed by atoms with E-state index in [1.54, 1.807) is 0 Å². The Hall–Kier alpha value is -1.06. The van der Waals surface area contributed by atoms with Gasteiger partial charge >= 0.3 is 0 Å². The van der Waals surface area contributed by atoms with E-state index in [1.165, 1.54) is 11.1 Å². The number of hydrogen-bond acceptors (Lipinski definition) is 2. The molecule has 4 heteroatoms. The highest BCUT2D eigenvalue weighted by atomic mass is 35.5. The maximum Gasteiger partial charge on any atom is 0.227 e. The quantitative estimate of drug-likeness (QED) is 0.882. The lowest BCUT2D eigenvalue weighted by atomic mass is 9.82. The van der Waals surface area contributed by atoms with Crippen LogP contribution in [-0.2, 0) is 11.2 Å². The Kier molecular flexibility index (Phi) is 5.65. The maximum atomic E-state index is 12.6. The molecule has 1 fully saturated rings. The molecule has 1 amide bonds. The Bertz CT molecular complexity index is 483. The maximum absolute atomic E-state index is 12.6. The molecule has 1 aromatic carbocycles. The minimum atomic E-state index is 0. The van der Waals surface area contributed by atoms with Gasteiger partial charge in [0.2, 0.25) is 5.91 Å². The highest BCUT2D eigenvalue weighted by Crippen LogP contribution is 2.32. The van der Waals surface area contributed by atoms with E-state index in [4.69, 9.17) is 5.73 Å². The first-order valence-electron chi connectivity index (χ1n) is 7.88. The van der Waals surface area contributed by atoms with E-state index in [9.17, 15) is 4.79 Å². The molecule has 0 aromatic heterocycles. The van der Waals surface area contributed by atoms with Crippen molar-refractivity contribution in [3.63, 3.8) is 0 Å². The highest BCUT2D eigenvalue weighted by molar-refractivity contribution is 5.85. The van der Waals surface area contributed by atoms with E-state index < -0.39 is 0 Å². The van der Waals surface area contributed by atoms with Crippen molar-refractivity contribution in [1.82, 2.24) is 5.32 Å². The average molecular weight is 309 g/mol. The van der Waals surface area contributed by atoms with E-state index >= 15 is 0 Å². The van der Waals surface area contributed by atoms with Gasteiger partial charge in [0, 0.05) is 12.1 Å². The molecular weight excluding hydrogens is 284 g/mol. The molecule has 3 N–H and O–H groups in total. The van der Waals surface area contributed by atoms with Crippen molar-refractivity contribution in [2.24, 2.45) is 5.73 Å². The minimum absolute atomic E-state index is 0. The number of halogens is 1. The van der Waals surface area contributed by atoms with Crippen molar-refractivity contribution >= 4 is 18.3 Å². The highest BCUT2D eigenvalue weighted by Gasteiger charge is 2.28. The third-order valence-corrected chi connectivity index (χ3v) is 4.80. The van der Waals surface area contributed by atoms with Crippen molar-refractivity contribution in [3.05, 3.63) is 35.4 Å². The van der Waals surface area contributed by atoms with Crippen LogP contribution >= 0.6 is 12.4 Å². The lowest BCUT2D eigenvalue weighted by Crippen LogP contribution is -2.42. The van der Waals surface area contributed by atoms with Crippen LogP contribution in [0.5, 0.6) is 0 Å². The number of nitrogens with two attached hydrogens (primary N) is 1. The van der Waals surface area contributed by atoms with Gasteiger partial charge in [-0.3, -0.25) is 4.79 Å². The first-order valence-corrected chi connectivity index (χ1v) is 7.88. The third kappa shape index (κ3) is 3.78. The summed E-state index contributed by atoms with van der Waals surface area (Å²) in [4.78, 5) is 12.6. The molecule has 3 nitrogen and oxygen atoms in total. The summed E-state index contributed by atoms with van der Waals surface area (Å²) in [6, 6.07) is 9.06. The van der Waals surface area contributed by atoms with E-state index in [2.05, 4.69) is 23.5 Å². The molecule has 116 valence electrons. The Morgan fingerprint density at radius 2 is 1.81 bits per heavy atom. The number of rotatable bonds is 2. The van der Waals surface area contributed by atoms with Crippen molar-refractivity contribution in [2.75, 3.05) is 0 Å². The summed E-state index contributed by atoms with van der Waals surface area (Å²) in [5, 5.41) is 3.26. The summed E-state index contributed by atoms with van der Waals surface area (Å²) >= 11 is 0. The van der Waals surface area contributed by atoms with Gasteiger partial charge in [0.1, 0.15) is 0 Å². The van der Waals surface area contributed by atoms with Gasteiger partial charge in [0.05, 0.1) is 5.92 Å². The zero-order valence-corrected chi connectivity index (χ0v) is 13.2. The Balaban J connectivity index is 0.00000161. The van der Waals surface area contributed by atoms with Crippen molar-refractivity contribution in [1.29, 1.82) is 0 Å². The second kappa shape index (κ2) is 7.28. The van der Waals surface area contributed by atoms with Crippen LogP contribution in [0.3, 0.4) is 0 Å². The van der Waals surface area contributed by atoms with E-state index in [0.29, 0.717) is 12.1 Å². The summed E-state index contributed by atoms with van der Waals surface area (Å²) in [7, 11) is 0. The fraction of sp³-hybridized carbons (Fsp3) is 0.588. The Morgan fingerprint density at radius 3 is 2.57 bits per heavy atom. The fourth-order valence-electron chi connectivity index (χ4n) is 3.59. The molecule has 1 saturated carbocycles. The molecule has 0 heterocycles. The molecule has 0 saturated heterocycles. The zero-order chi connectivity index (χ0) is 13.9. The molecule has 2 aliphatic carbocycles. The predicted octanol–water partition coefficient (Wildman–Crippen LogP) is 2.91. The average Bonchev–Trinajstić information content (AvgIpc) is 2.49. The second-order valence-corrected chi connectivity index (χ2v) is 6.26. The van der Waals surface area contributed by atoms with Gasteiger partial charge in [-0.05, 0) is 56.1 Å². The van der Waals surface area contributed by atoms with Crippen LogP contribution in [0.25, 0.3) is 0 Å². The summed E-state index contributed by atoms with van der Waals surface area (Å²) in [5.41, 5.74) is 8.51. The topological polar surface area (TPSA) is 55.1 Å². The van der Waals surface area contributed by atoms with Crippen LogP contribution in [0.4, 0.5) is 0 Å². The summed E-state index contributed by atoms with van der Waals surface area (Å²) in [6.07, 6.45) is 7.33. The van der Waals surface area contributed by atoms with Crippen LogP contribution < -0.4 is 11.1 Å². The molecule has 1 atom stereocenters. The molecule has 0 bridgehead atoms. The van der Waals surface area contributed by atoms with Crippen LogP contribution in [0, 0.1) is 0 Å². The molecule has 0 aliphatic heterocycles. The molecule has 3 rings (SSSR count). The molecule has 2 aliphatic rings. The lowest BCUT2D eigenvalue weighted by Gasteiger charge is -2.30. The van der Waals surface area contributed by atoms with Gasteiger partial charge in [-0.2, -0.15) is 0 Å². The van der Waals surface area contributed by atoms with Crippen molar-refractivity contribution < 1.29 is 4.79 Å². The number of hydrogen-bond donors (Lipinski definition) is 2. The molecule has 21 heavy (non-hydrogen) atoms. The summed E-state index contributed by atoms with van der Waals surface area (Å²) < 4.78 is 0. The second-order valence-electron chi connectivity index (χ2n) is 6.26.